The van der Waals surface area contributed by atoms with Crippen molar-refractivity contribution < 1.29 is 4.79 Å². The van der Waals surface area contributed by atoms with Gasteiger partial charge in [0.2, 0.25) is 0 Å². The van der Waals surface area contributed by atoms with Crippen LogP contribution in [0.2, 0.25) is 0 Å². The number of nitrogens with one attached hydrogen (secondary N) is 1. The highest BCUT2D eigenvalue weighted by molar-refractivity contribution is 5.83. The molecule has 92 valence electrons. The molecule has 1 heterocycles. The second kappa shape index (κ2) is 4.87. The molecule has 2 nitrogen and oxygen atoms in total. The van der Waals surface area contributed by atoms with Crippen molar-refractivity contribution in [2.75, 3.05) is 6.54 Å². The van der Waals surface area contributed by atoms with Crippen LogP contribution in [-0.2, 0) is 4.79 Å². The lowest BCUT2D eigenvalue weighted by molar-refractivity contribution is -0.129. The van der Waals surface area contributed by atoms with Crippen LogP contribution in [0.25, 0.3) is 0 Å². The van der Waals surface area contributed by atoms with Crippen LogP contribution in [0.3, 0.4) is 0 Å². The summed E-state index contributed by atoms with van der Waals surface area (Å²) in [6, 6.07) is 0.457. The number of rotatable bonds is 1. The van der Waals surface area contributed by atoms with Crippen molar-refractivity contribution in [3.8, 4) is 0 Å². The van der Waals surface area contributed by atoms with Gasteiger partial charge in [-0.2, -0.15) is 0 Å². The van der Waals surface area contributed by atoms with Gasteiger partial charge in [-0.3, -0.25) is 4.79 Å². The Morgan fingerprint density at radius 1 is 1.12 bits per heavy atom. The number of Topliss-reactive ketones (excluding diaryl/α,β-unsaturated/α-hetero) is 1. The highest BCUT2D eigenvalue weighted by Gasteiger charge is 2.38. The Hall–Kier alpha value is -0.370. The maximum Gasteiger partial charge on any atom is 0.138 e. The molecular weight excluding hydrogens is 198 g/mol. The third kappa shape index (κ3) is 2.48. The minimum Gasteiger partial charge on any atom is -0.313 e. The molecule has 0 aromatic carbocycles. The van der Waals surface area contributed by atoms with Gasteiger partial charge in [0, 0.05) is 18.4 Å². The first-order chi connectivity index (χ1) is 7.58. The Morgan fingerprint density at radius 2 is 1.88 bits per heavy atom. The van der Waals surface area contributed by atoms with E-state index < -0.39 is 0 Å². The highest BCUT2D eigenvalue weighted by atomic mass is 16.1. The molecule has 0 aromatic heterocycles. The Balaban J connectivity index is 2.04. The molecule has 0 aromatic rings. The van der Waals surface area contributed by atoms with Gasteiger partial charge in [-0.15, -0.1) is 0 Å². The average molecular weight is 223 g/mol. The summed E-state index contributed by atoms with van der Waals surface area (Å²) in [6.45, 7) is 7.88. The van der Waals surface area contributed by atoms with Crippen molar-refractivity contribution in [3.05, 3.63) is 0 Å². The van der Waals surface area contributed by atoms with E-state index in [1.807, 2.05) is 0 Å². The fraction of sp³-hybridized carbons (Fsp3) is 0.929. The fourth-order valence-electron chi connectivity index (χ4n) is 3.71. The number of piperidine rings is 1. The molecule has 5 unspecified atom stereocenters. The van der Waals surface area contributed by atoms with Crippen LogP contribution in [0.5, 0.6) is 0 Å². The second-order valence-corrected chi connectivity index (χ2v) is 6.20. The van der Waals surface area contributed by atoms with Gasteiger partial charge in [0.25, 0.3) is 0 Å². The summed E-state index contributed by atoms with van der Waals surface area (Å²) < 4.78 is 0. The van der Waals surface area contributed by atoms with E-state index in [2.05, 4.69) is 26.1 Å². The van der Waals surface area contributed by atoms with Crippen molar-refractivity contribution in [3.63, 3.8) is 0 Å². The summed E-state index contributed by atoms with van der Waals surface area (Å²) >= 11 is 0. The first-order valence-corrected chi connectivity index (χ1v) is 6.84. The predicted octanol–water partition coefficient (Wildman–Crippen LogP) is 2.63. The Morgan fingerprint density at radius 3 is 2.50 bits per heavy atom. The second-order valence-electron chi connectivity index (χ2n) is 6.20. The van der Waals surface area contributed by atoms with E-state index in [0.29, 0.717) is 29.6 Å². The number of carbonyl (C=O) groups is 1. The molecule has 2 rings (SSSR count). The summed E-state index contributed by atoms with van der Waals surface area (Å²) in [5.41, 5.74) is 0. The molecule has 2 heteroatoms. The van der Waals surface area contributed by atoms with Gasteiger partial charge in [0.1, 0.15) is 5.78 Å². The SMILES string of the molecule is CC1CC(=O)C(C2CC(C)CCN2)C(C)C1. The van der Waals surface area contributed by atoms with E-state index >= 15 is 0 Å². The van der Waals surface area contributed by atoms with Gasteiger partial charge in [-0.25, -0.2) is 0 Å². The molecule has 2 aliphatic rings. The zero-order valence-electron chi connectivity index (χ0n) is 10.8. The molecular formula is C14H25NO. The molecule has 1 aliphatic heterocycles. The minimum absolute atomic E-state index is 0.291. The van der Waals surface area contributed by atoms with Crippen molar-refractivity contribution in [2.45, 2.75) is 52.5 Å². The highest BCUT2D eigenvalue weighted by Crippen LogP contribution is 2.35. The topological polar surface area (TPSA) is 29.1 Å². The van der Waals surface area contributed by atoms with Crippen LogP contribution < -0.4 is 5.32 Å². The number of hydrogen-bond donors (Lipinski definition) is 1. The third-order valence-corrected chi connectivity index (χ3v) is 4.44. The molecule has 0 bridgehead atoms. The molecule has 1 saturated carbocycles. The van der Waals surface area contributed by atoms with Gasteiger partial charge in [0.15, 0.2) is 0 Å². The van der Waals surface area contributed by atoms with Crippen molar-refractivity contribution in [1.82, 2.24) is 5.32 Å². The third-order valence-electron chi connectivity index (χ3n) is 4.44. The molecule has 1 saturated heterocycles. The smallest absolute Gasteiger partial charge is 0.138 e. The fourth-order valence-corrected chi connectivity index (χ4v) is 3.71. The standard InChI is InChI=1S/C14H25NO/c1-9-4-5-15-12(7-9)14-11(3)6-10(2)8-13(14)16/h9-12,14-15H,4-8H2,1-3H3. The number of ketones is 1. The average Bonchev–Trinajstić information content (AvgIpc) is 2.15. The maximum absolute atomic E-state index is 12.2. The molecule has 5 atom stereocenters. The normalized spacial score (nSPS) is 45.7. The van der Waals surface area contributed by atoms with Crippen LogP contribution in [0, 0.1) is 23.7 Å². The van der Waals surface area contributed by atoms with Crippen LogP contribution in [0.1, 0.15) is 46.5 Å². The monoisotopic (exact) mass is 223 g/mol. The van der Waals surface area contributed by atoms with E-state index in [4.69, 9.17) is 0 Å². The van der Waals surface area contributed by atoms with E-state index in [9.17, 15) is 4.79 Å². The van der Waals surface area contributed by atoms with Gasteiger partial charge < -0.3 is 5.32 Å². The molecule has 2 fully saturated rings. The lowest BCUT2D eigenvalue weighted by atomic mass is 9.69. The predicted molar refractivity (Wildman–Crippen MR) is 66.2 cm³/mol. The van der Waals surface area contributed by atoms with E-state index in [-0.39, 0.29) is 0 Å². The molecule has 0 amide bonds. The summed E-state index contributed by atoms with van der Waals surface area (Å²) in [6.07, 6.45) is 4.49. The summed E-state index contributed by atoms with van der Waals surface area (Å²) in [4.78, 5) is 12.2. The Labute approximate surface area is 99.2 Å². The molecule has 1 aliphatic carbocycles. The summed E-state index contributed by atoms with van der Waals surface area (Å²) in [5.74, 6) is 2.75. The Kier molecular flexibility index (Phi) is 3.68. The summed E-state index contributed by atoms with van der Waals surface area (Å²) in [5, 5.41) is 3.57. The minimum atomic E-state index is 0.291. The van der Waals surface area contributed by atoms with E-state index in [1.165, 1.54) is 19.3 Å². The van der Waals surface area contributed by atoms with Crippen molar-refractivity contribution in [2.24, 2.45) is 23.7 Å². The molecule has 0 spiro atoms. The molecule has 1 N–H and O–H groups in total. The zero-order chi connectivity index (χ0) is 11.7. The van der Waals surface area contributed by atoms with Gasteiger partial charge in [-0.1, -0.05) is 20.8 Å². The van der Waals surface area contributed by atoms with Gasteiger partial charge in [-0.05, 0) is 43.6 Å². The van der Waals surface area contributed by atoms with Gasteiger partial charge in [0.05, 0.1) is 0 Å². The van der Waals surface area contributed by atoms with Crippen molar-refractivity contribution in [1.29, 1.82) is 0 Å². The molecule has 16 heavy (non-hydrogen) atoms. The lowest BCUT2D eigenvalue weighted by Crippen LogP contribution is -2.49. The van der Waals surface area contributed by atoms with Crippen LogP contribution in [-0.4, -0.2) is 18.4 Å². The van der Waals surface area contributed by atoms with E-state index in [0.717, 1.165) is 18.9 Å². The maximum atomic E-state index is 12.2. The summed E-state index contributed by atoms with van der Waals surface area (Å²) in [7, 11) is 0. The number of hydrogen-bond acceptors (Lipinski definition) is 2. The first-order valence-electron chi connectivity index (χ1n) is 6.84. The molecule has 0 radical (unpaired) electrons. The first kappa shape index (κ1) is 12.1. The number of carbonyl (C=O) groups excluding carboxylic acids is 1. The largest absolute Gasteiger partial charge is 0.313 e. The van der Waals surface area contributed by atoms with Crippen LogP contribution >= 0.6 is 0 Å². The van der Waals surface area contributed by atoms with Crippen LogP contribution in [0.15, 0.2) is 0 Å². The quantitative estimate of drug-likeness (QED) is 0.740. The zero-order valence-corrected chi connectivity index (χ0v) is 10.8. The van der Waals surface area contributed by atoms with Crippen molar-refractivity contribution >= 4 is 5.78 Å². The van der Waals surface area contributed by atoms with Crippen LogP contribution in [0.4, 0.5) is 0 Å². The van der Waals surface area contributed by atoms with E-state index in [1.54, 1.807) is 0 Å². The van der Waals surface area contributed by atoms with Gasteiger partial charge >= 0.3 is 0 Å². The Bertz CT molecular complexity index is 263. The lowest BCUT2D eigenvalue weighted by Gasteiger charge is -2.40.